The van der Waals surface area contributed by atoms with Gasteiger partial charge in [-0.25, -0.2) is 19.6 Å². The molecule has 0 aliphatic heterocycles. The standard InChI is InChI=1S/C24H19N7O5/c1-24(2,3)36-23(34)31(22(32)33)19-18(21-30-29-20(35-21)14-7-5-4-6-8-14)28-17(13-27-19)16-12-26-10-9-15(16)11-25/h4-10,12-13H,1-3H3,(H,32,33). The summed E-state index contributed by atoms with van der Waals surface area (Å²) >= 11 is 0. The summed E-state index contributed by atoms with van der Waals surface area (Å²) in [6, 6.07) is 12.4. The molecule has 3 heterocycles. The number of nitrogens with zero attached hydrogens (tertiary/aromatic N) is 7. The highest BCUT2D eigenvalue weighted by Gasteiger charge is 2.34. The summed E-state index contributed by atoms with van der Waals surface area (Å²) in [4.78, 5) is 37.9. The quantitative estimate of drug-likeness (QED) is 0.430. The molecule has 0 bridgehead atoms. The first-order valence-corrected chi connectivity index (χ1v) is 10.5. The Hall–Kier alpha value is -5.18. The summed E-state index contributed by atoms with van der Waals surface area (Å²) in [6.45, 7) is 4.78. The van der Waals surface area contributed by atoms with Gasteiger partial charge < -0.3 is 14.3 Å². The van der Waals surface area contributed by atoms with Gasteiger partial charge in [0.25, 0.3) is 5.89 Å². The number of hydrogen-bond acceptors (Lipinski definition) is 10. The molecule has 0 aliphatic carbocycles. The van der Waals surface area contributed by atoms with E-state index in [9.17, 15) is 20.0 Å². The number of carbonyl (C=O) groups is 2. The van der Waals surface area contributed by atoms with Crippen molar-refractivity contribution in [3.8, 4) is 40.4 Å². The minimum atomic E-state index is -1.66. The summed E-state index contributed by atoms with van der Waals surface area (Å²) < 4.78 is 11.0. The molecule has 0 aliphatic rings. The van der Waals surface area contributed by atoms with Crippen LogP contribution in [-0.2, 0) is 4.74 Å². The van der Waals surface area contributed by atoms with Gasteiger partial charge in [0.15, 0.2) is 11.5 Å². The average Bonchev–Trinajstić information content (AvgIpc) is 3.34. The highest BCUT2D eigenvalue weighted by molar-refractivity contribution is 6.09. The third-order valence-electron chi connectivity index (χ3n) is 4.60. The van der Waals surface area contributed by atoms with Gasteiger partial charge in [-0.3, -0.25) is 4.98 Å². The van der Waals surface area contributed by atoms with Crippen LogP contribution in [0.1, 0.15) is 26.3 Å². The zero-order valence-electron chi connectivity index (χ0n) is 19.4. The Balaban J connectivity index is 1.90. The smallest absolute Gasteiger partial charge is 0.425 e. The molecule has 2 amide bonds. The molecule has 0 spiro atoms. The molecular weight excluding hydrogens is 466 g/mol. The van der Waals surface area contributed by atoms with Crippen LogP contribution in [0.15, 0.2) is 59.4 Å². The van der Waals surface area contributed by atoms with E-state index in [0.29, 0.717) is 16.0 Å². The van der Waals surface area contributed by atoms with Crippen LogP contribution in [0.2, 0.25) is 0 Å². The second kappa shape index (κ2) is 9.59. The summed E-state index contributed by atoms with van der Waals surface area (Å²) in [7, 11) is 0. The molecule has 1 N–H and O–H groups in total. The fraction of sp³-hybridized carbons (Fsp3) is 0.167. The van der Waals surface area contributed by atoms with E-state index in [0.717, 1.165) is 0 Å². The van der Waals surface area contributed by atoms with Gasteiger partial charge in [0, 0.05) is 23.5 Å². The van der Waals surface area contributed by atoms with Crippen LogP contribution in [0.3, 0.4) is 0 Å². The predicted octanol–water partition coefficient (Wildman–Crippen LogP) is 4.55. The normalized spacial score (nSPS) is 10.9. The van der Waals surface area contributed by atoms with Gasteiger partial charge in [0.1, 0.15) is 5.60 Å². The van der Waals surface area contributed by atoms with Crippen molar-refractivity contribution in [3.05, 3.63) is 60.6 Å². The van der Waals surface area contributed by atoms with Gasteiger partial charge in [-0.2, -0.15) is 10.2 Å². The first-order chi connectivity index (χ1) is 17.2. The van der Waals surface area contributed by atoms with E-state index in [1.54, 1.807) is 45.0 Å². The molecule has 0 radical (unpaired) electrons. The Bertz CT molecular complexity index is 1470. The third kappa shape index (κ3) is 5.00. The van der Waals surface area contributed by atoms with Crippen molar-refractivity contribution in [1.29, 1.82) is 5.26 Å². The lowest BCUT2D eigenvalue weighted by Crippen LogP contribution is -2.41. The number of pyridine rings is 1. The Labute approximate surface area is 204 Å². The molecular formula is C24H19N7O5. The van der Waals surface area contributed by atoms with Crippen molar-refractivity contribution >= 4 is 18.0 Å². The van der Waals surface area contributed by atoms with Crippen molar-refractivity contribution in [3.63, 3.8) is 0 Å². The number of hydrogen-bond donors (Lipinski definition) is 1. The molecule has 1 aromatic carbocycles. The van der Waals surface area contributed by atoms with E-state index in [1.165, 1.54) is 24.7 Å². The second-order valence-corrected chi connectivity index (χ2v) is 8.34. The van der Waals surface area contributed by atoms with E-state index in [1.807, 2.05) is 12.1 Å². The van der Waals surface area contributed by atoms with Gasteiger partial charge in [-0.15, -0.1) is 10.2 Å². The molecule has 12 heteroatoms. The van der Waals surface area contributed by atoms with Gasteiger partial charge in [0.2, 0.25) is 5.89 Å². The number of anilines is 1. The number of benzene rings is 1. The molecule has 4 aromatic rings. The van der Waals surface area contributed by atoms with Gasteiger partial charge in [0.05, 0.1) is 23.5 Å². The molecule has 12 nitrogen and oxygen atoms in total. The number of carboxylic acid groups (broad SMARTS) is 1. The predicted molar refractivity (Wildman–Crippen MR) is 125 cm³/mol. The van der Waals surface area contributed by atoms with Crippen LogP contribution in [0.25, 0.3) is 34.3 Å². The number of nitriles is 1. The summed E-state index contributed by atoms with van der Waals surface area (Å²) in [5.41, 5.74) is 0.192. The van der Waals surface area contributed by atoms with Gasteiger partial charge in [-0.1, -0.05) is 18.2 Å². The maximum absolute atomic E-state index is 12.8. The monoisotopic (exact) mass is 485 g/mol. The highest BCUT2D eigenvalue weighted by atomic mass is 16.6. The van der Waals surface area contributed by atoms with Gasteiger partial charge in [-0.05, 0) is 39.0 Å². The maximum atomic E-state index is 12.8. The van der Waals surface area contributed by atoms with E-state index in [4.69, 9.17) is 9.15 Å². The summed E-state index contributed by atoms with van der Waals surface area (Å²) in [5, 5.41) is 27.4. The SMILES string of the molecule is CC(C)(C)OC(=O)N(C(=O)O)c1ncc(-c2cnccc2C#N)nc1-c1nnc(-c2ccccc2)o1. The zero-order valence-corrected chi connectivity index (χ0v) is 19.4. The van der Waals surface area contributed by atoms with Crippen LogP contribution in [0.4, 0.5) is 15.4 Å². The van der Waals surface area contributed by atoms with Crippen LogP contribution >= 0.6 is 0 Å². The Morgan fingerprint density at radius 1 is 1.08 bits per heavy atom. The molecule has 3 aromatic heterocycles. The van der Waals surface area contributed by atoms with Crippen LogP contribution < -0.4 is 4.90 Å². The lowest BCUT2D eigenvalue weighted by Gasteiger charge is -2.24. The Morgan fingerprint density at radius 2 is 1.81 bits per heavy atom. The summed E-state index contributed by atoms with van der Waals surface area (Å²) in [6.07, 6.45) is 1.22. The third-order valence-corrected chi connectivity index (χ3v) is 4.60. The maximum Gasteiger partial charge on any atom is 0.425 e. The fourth-order valence-corrected chi connectivity index (χ4v) is 3.09. The van der Waals surface area contributed by atoms with E-state index in [2.05, 4.69) is 25.1 Å². The van der Waals surface area contributed by atoms with Crippen molar-refractivity contribution in [1.82, 2.24) is 25.1 Å². The van der Waals surface area contributed by atoms with Crippen LogP contribution in [0, 0.1) is 11.3 Å². The minimum Gasteiger partial charge on any atom is -0.464 e. The molecule has 4 rings (SSSR count). The number of ether oxygens (including phenoxy) is 1. The minimum absolute atomic E-state index is 0.141. The van der Waals surface area contributed by atoms with E-state index >= 15 is 0 Å². The highest BCUT2D eigenvalue weighted by Crippen LogP contribution is 2.32. The summed E-state index contributed by atoms with van der Waals surface area (Å²) in [5.74, 6) is -0.469. The largest absolute Gasteiger partial charge is 0.464 e. The van der Waals surface area contributed by atoms with Crippen molar-refractivity contribution in [2.45, 2.75) is 26.4 Å². The molecule has 0 saturated heterocycles. The van der Waals surface area contributed by atoms with Crippen molar-refractivity contribution in [2.75, 3.05) is 4.90 Å². The molecule has 36 heavy (non-hydrogen) atoms. The van der Waals surface area contributed by atoms with E-state index < -0.39 is 23.6 Å². The molecule has 0 unspecified atom stereocenters. The topological polar surface area (TPSA) is 168 Å². The zero-order chi connectivity index (χ0) is 25.9. The first-order valence-electron chi connectivity index (χ1n) is 10.5. The van der Waals surface area contributed by atoms with Crippen LogP contribution in [0.5, 0.6) is 0 Å². The number of amides is 2. The molecule has 0 atom stereocenters. The van der Waals surface area contributed by atoms with Gasteiger partial charge >= 0.3 is 12.2 Å². The lowest BCUT2D eigenvalue weighted by molar-refractivity contribution is 0.0581. The number of rotatable bonds is 4. The average molecular weight is 485 g/mol. The lowest BCUT2D eigenvalue weighted by atomic mass is 10.1. The Kier molecular flexibility index (Phi) is 6.38. The van der Waals surface area contributed by atoms with E-state index in [-0.39, 0.29) is 28.7 Å². The van der Waals surface area contributed by atoms with Crippen molar-refractivity contribution in [2.24, 2.45) is 0 Å². The Morgan fingerprint density at radius 3 is 2.47 bits per heavy atom. The van der Waals surface area contributed by atoms with Crippen LogP contribution in [-0.4, -0.2) is 48.0 Å². The second-order valence-electron chi connectivity index (χ2n) is 8.34. The molecule has 0 saturated carbocycles. The number of carbonyl (C=O) groups excluding carboxylic acids is 1. The fourth-order valence-electron chi connectivity index (χ4n) is 3.09. The molecule has 180 valence electrons. The number of aromatic nitrogens is 5. The number of imide groups is 1. The van der Waals surface area contributed by atoms with Crippen molar-refractivity contribution < 1.29 is 23.8 Å². The first kappa shape index (κ1) is 24.0. The molecule has 0 fully saturated rings.